The summed E-state index contributed by atoms with van der Waals surface area (Å²) in [6.07, 6.45) is 3.80. The van der Waals surface area contributed by atoms with Crippen LogP contribution in [0.3, 0.4) is 0 Å². The molecule has 4 heteroatoms. The molecule has 1 aliphatic heterocycles. The van der Waals surface area contributed by atoms with Crippen LogP contribution in [0.1, 0.15) is 43.4 Å². The van der Waals surface area contributed by atoms with Crippen LogP contribution in [-0.4, -0.2) is 31.0 Å². The Hall–Kier alpha value is -1.94. The molecule has 144 valence electrons. The predicted molar refractivity (Wildman–Crippen MR) is 112 cm³/mol. The van der Waals surface area contributed by atoms with Crippen molar-refractivity contribution in [2.24, 2.45) is 5.92 Å². The van der Waals surface area contributed by atoms with Crippen LogP contribution in [-0.2, 0) is 4.79 Å². The average Bonchev–Trinajstić information content (AvgIpc) is 2.87. The zero-order valence-electron chi connectivity index (χ0n) is 16.3. The average molecular weight is 384 g/mol. The summed E-state index contributed by atoms with van der Waals surface area (Å²) in [6, 6.07) is 18.8. The lowest BCUT2D eigenvalue weighted by molar-refractivity contribution is -0.130. The summed E-state index contributed by atoms with van der Waals surface area (Å²) in [6.45, 7) is 3.98. The number of carbonyl (C=O) groups excluding carboxylic acids is 1. The van der Waals surface area contributed by atoms with Crippen molar-refractivity contribution in [3.8, 4) is 5.75 Å². The van der Waals surface area contributed by atoms with Gasteiger partial charge in [0.2, 0.25) is 5.91 Å². The molecule has 0 bridgehead atoms. The largest absolute Gasteiger partial charge is 0.497 e. The van der Waals surface area contributed by atoms with Gasteiger partial charge in [-0.2, -0.15) is 0 Å². The van der Waals surface area contributed by atoms with E-state index in [2.05, 4.69) is 54.3 Å². The van der Waals surface area contributed by atoms with Gasteiger partial charge >= 0.3 is 0 Å². The van der Waals surface area contributed by atoms with Gasteiger partial charge in [0, 0.05) is 29.7 Å². The molecule has 0 aromatic heterocycles. The molecule has 2 aromatic carbocycles. The standard InChI is InChI=1S/C23H29NO2S/c1-18-8-13-23(25)24(16-14-18)17-15-22(19-6-4-3-5-7-19)27-21-11-9-20(26-2)10-12-21/h3-7,9-12,18,22H,8,13-17H2,1-2H3/t18-,22+/m1/s1. The Morgan fingerprint density at radius 2 is 1.85 bits per heavy atom. The fourth-order valence-electron chi connectivity index (χ4n) is 3.46. The maximum absolute atomic E-state index is 12.4. The number of ether oxygens (including phenoxy) is 1. The molecule has 3 rings (SSSR count). The highest BCUT2D eigenvalue weighted by Crippen LogP contribution is 2.38. The number of hydrogen-bond acceptors (Lipinski definition) is 3. The second kappa shape index (κ2) is 9.84. The van der Waals surface area contributed by atoms with Gasteiger partial charge in [-0.25, -0.2) is 0 Å². The van der Waals surface area contributed by atoms with E-state index in [9.17, 15) is 4.79 Å². The van der Waals surface area contributed by atoms with Gasteiger partial charge < -0.3 is 9.64 Å². The molecule has 1 amide bonds. The fraction of sp³-hybridized carbons (Fsp3) is 0.435. The Kier molecular flexibility index (Phi) is 7.22. The maximum atomic E-state index is 12.4. The summed E-state index contributed by atoms with van der Waals surface area (Å²) in [5.41, 5.74) is 1.31. The van der Waals surface area contributed by atoms with E-state index in [0.717, 1.165) is 38.1 Å². The molecule has 0 unspecified atom stereocenters. The number of benzene rings is 2. The number of rotatable bonds is 7. The minimum absolute atomic E-state index is 0.320. The number of amides is 1. The lowest BCUT2D eigenvalue weighted by atomic mass is 10.0. The van der Waals surface area contributed by atoms with Crippen LogP contribution >= 0.6 is 11.8 Å². The van der Waals surface area contributed by atoms with Gasteiger partial charge in [0.1, 0.15) is 5.75 Å². The van der Waals surface area contributed by atoms with Crippen molar-refractivity contribution >= 4 is 17.7 Å². The molecule has 0 aliphatic carbocycles. The lowest BCUT2D eigenvalue weighted by Crippen LogP contribution is -2.31. The molecule has 0 radical (unpaired) electrons. The van der Waals surface area contributed by atoms with Gasteiger partial charge in [0.15, 0.2) is 0 Å². The first-order valence-corrected chi connectivity index (χ1v) is 10.7. The smallest absolute Gasteiger partial charge is 0.222 e. The second-order valence-corrected chi connectivity index (χ2v) is 8.57. The van der Waals surface area contributed by atoms with Crippen LogP contribution in [0.25, 0.3) is 0 Å². The van der Waals surface area contributed by atoms with Crippen molar-refractivity contribution < 1.29 is 9.53 Å². The Labute approximate surface area is 167 Å². The first-order valence-electron chi connectivity index (χ1n) is 9.79. The predicted octanol–water partition coefficient (Wildman–Crippen LogP) is 5.57. The van der Waals surface area contributed by atoms with E-state index in [1.54, 1.807) is 7.11 Å². The van der Waals surface area contributed by atoms with Crippen LogP contribution in [0.4, 0.5) is 0 Å². The van der Waals surface area contributed by atoms with E-state index in [4.69, 9.17) is 4.74 Å². The number of likely N-dealkylation sites (tertiary alicyclic amines) is 1. The van der Waals surface area contributed by atoms with Gasteiger partial charge in [-0.1, -0.05) is 37.3 Å². The maximum Gasteiger partial charge on any atom is 0.222 e. The van der Waals surface area contributed by atoms with Crippen LogP contribution in [0, 0.1) is 5.92 Å². The molecule has 0 saturated carbocycles. The normalized spacial score (nSPS) is 18.8. The second-order valence-electron chi connectivity index (χ2n) is 7.29. The first kappa shape index (κ1) is 19.8. The number of methoxy groups -OCH3 is 1. The summed E-state index contributed by atoms with van der Waals surface area (Å²) in [4.78, 5) is 15.7. The SMILES string of the molecule is COc1ccc(S[C@@H](CCN2CC[C@H](C)CCC2=O)c2ccccc2)cc1. The lowest BCUT2D eigenvalue weighted by Gasteiger charge is -2.24. The van der Waals surface area contributed by atoms with E-state index in [1.165, 1.54) is 10.5 Å². The molecule has 1 fully saturated rings. The number of thioether (sulfide) groups is 1. The highest BCUT2D eigenvalue weighted by Gasteiger charge is 2.22. The van der Waals surface area contributed by atoms with Crippen molar-refractivity contribution in [1.82, 2.24) is 4.90 Å². The molecule has 2 atom stereocenters. The summed E-state index contributed by atoms with van der Waals surface area (Å²) < 4.78 is 5.26. The summed E-state index contributed by atoms with van der Waals surface area (Å²) >= 11 is 1.86. The molecule has 0 N–H and O–H groups in total. The minimum Gasteiger partial charge on any atom is -0.497 e. The fourth-order valence-corrected chi connectivity index (χ4v) is 4.60. The molecule has 1 heterocycles. The Bertz CT molecular complexity index is 717. The molecule has 1 saturated heterocycles. The van der Waals surface area contributed by atoms with Crippen molar-refractivity contribution in [2.45, 2.75) is 42.8 Å². The first-order chi connectivity index (χ1) is 13.2. The number of nitrogens with zero attached hydrogens (tertiary/aromatic N) is 1. The highest BCUT2D eigenvalue weighted by atomic mass is 32.2. The van der Waals surface area contributed by atoms with Crippen molar-refractivity contribution in [2.75, 3.05) is 20.2 Å². The Balaban J connectivity index is 1.69. The van der Waals surface area contributed by atoms with Crippen LogP contribution in [0.2, 0.25) is 0 Å². The topological polar surface area (TPSA) is 29.5 Å². The quantitative estimate of drug-likeness (QED) is 0.586. The van der Waals surface area contributed by atoms with Gasteiger partial charge in [0.25, 0.3) is 0 Å². The van der Waals surface area contributed by atoms with E-state index in [0.29, 0.717) is 23.5 Å². The Morgan fingerprint density at radius 3 is 2.56 bits per heavy atom. The minimum atomic E-state index is 0.320. The summed E-state index contributed by atoms with van der Waals surface area (Å²) in [5.74, 6) is 1.85. The Morgan fingerprint density at radius 1 is 1.11 bits per heavy atom. The zero-order valence-corrected chi connectivity index (χ0v) is 17.1. The summed E-state index contributed by atoms with van der Waals surface area (Å²) in [5, 5.41) is 0.327. The molecular formula is C23H29NO2S. The molecule has 27 heavy (non-hydrogen) atoms. The third-order valence-corrected chi connectivity index (χ3v) is 6.60. The van der Waals surface area contributed by atoms with E-state index < -0.39 is 0 Å². The molecule has 3 nitrogen and oxygen atoms in total. The van der Waals surface area contributed by atoms with Gasteiger partial charge in [-0.15, -0.1) is 11.8 Å². The number of hydrogen-bond donors (Lipinski definition) is 0. The summed E-state index contributed by atoms with van der Waals surface area (Å²) in [7, 11) is 1.69. The van der Waals surface area contributed by atoms with E-state index in [1.807, 2.05) is 23.9 Å². The zero-order chi connectivity index (χ0) is 19.1. The van der Waals surface area contributed by atoms with Gasteiger partial charge in [-0.05, 0) is 55.0 Å². The third kappa shape index (κ3) is 5.77. The van der Waals surface area contributed by atoms with Crippen LogP contribution < -0.4 is 4.74 Å². The van der Waals surface area contributed by atoms with Crippen molar-refractivity contribution in [3.63, 3.8) is 0 Å². The van der Waals surface area contributed by atoms with Crippen LogP contribution in [0.5, 0.6) is 5.75 Å². The van der Waals surface area contributed by atoms with E-state index in [-0.39, 0.29) is 0 Å². The van der Waals surface area contributed by atoms with Gasteiger partial charge in [-0.3, -0.25) is 4.79 Å². The van der Waals surface area contributed by atoms with E-state index >= 15 is 0 Å². The molecule has 2 aromatic rings. The van der Waals surface area contributed by atoms with Crippen LogP contribution in [0.15, 0.2) is 59.5 Å². The third-order valence-electron chi connectivity index (χ3n) is 5.27. The monoisotopic (exact) mass is 383 g/mol. The van der Waals surface area contributed by atoms with Crippen molar-refractivity contribution in [1.29, 1.82) is 0 Å². The molecule has 0 spiro atoms. The number of carbonyl (C=O) groups is 1. The van der Waals surface area contributed by atoms with Crippen molar-refractivity contribution in [3.05, 3.63) is 60.2 Å². The van der Waals surface area contributed by atoms with Gasteiger partial charge in [0.05, 0.1) is 7.11 Å². The molecular weight excluding hydrogens is 354 g/mol. The highest BCUT2D eigenvalue weighted by molar-refractivity contribution is 7.99. The molecule has 1 aliphatic rings.